The van der Waals surface area contributed by atoms with Gasteiger partial charge in [0.2, 0.25) is 11.5 Å². The van der Waals surface area contributed by atoms with Crippen molar-refractivity contribution in [3.63, 3.8) is 0 Å². The van der Waals surface area contributed by atoms with E-state index in [1.54, 1.807) is 24.3 Å². The number of para-hydroxylation sites is 1. The Morgan fingerprint density at radius 1 is 1.23 bits per heavy atom. The van der Waals surface area contributed by atoms with Crippen LogP contribution in [0.4, 0.5) is 5.69 Å². The molecule has 1 aliphatic heterocycles. The van der Waals surface area contributed by atoms with Crippen molar-refractivity contribution in [2.24, 2.45) is 5.73 Å². The number of carbonyl (C=O) groups is 2. The fraction of sp³-hybridized carbons (Fsp3) is 0.391. The maximum atomic E-state index is 13.7. The molecule has 1 atom stereocenters. The Hall–Kier alpha value is -2.61. The number of hydrogen-bond donors (Lipinski definition) is 2. The molecule has 2 aromatic carbocycles. The van der Waals surface area contributed by atoms with E-state index in [1.807, 2.05) is 20.8 Å². The molecule has 2 amide bonds. The van der Waals surface area contributed by atoms with E-state index in [4.69, 9.17) is 22.1 Å². The summed E-state index contributed by atoms with van der Waals surface area (Å²) < 4.78 is 5.69. The van der Waals surface area contributed by atoms with Crippen molar-refractivity contribution in [3.8, 4) is 5.75 Å². The average molecular weight is 446 g/mol. The van der Waals surface area contributed by atoms with Crippen molar-refractivity contribution < 1.29 is 19.4 Å². The number of anilines is 1. The van der Waals surface area contributed by atoms with E-state index in [-0.39, 0.29) is 16.1 Å². The average Bonchev–Trinajstić information content (AvgIpc) is 2.97. The third-order valence-electron chi connectivity index (χ3n) is 5.67. The highest BCUT2D eigenvalue weighted by atomic mass is 35.5. The molecule has 1 unspecified atom stereocenters. The van der Waals surface area contributed by atoms with Gasteiger partial charge >= 0.3 is 0 Å². The Balaban J connectivity index is 2.20. The van der Waals surface area contributed by atoms with Crippen molar-refractivity contribution >= 4 is 29.1 Å². The molecule has 0 bridgehead atoms. The maximum absolute atomic E-state index is 13.7. The summed E-state index contributed by atoms with van der Waals surface area (Å²) >= 11 is 6.53. The predicted octanol–water partition coefficient (Wildman–Crippen LogP) is 2.76. The SMILES string of the molecule is CCOc1ccccc1C1(O)C(=O)N(CCN(CC)CC)c2cc(C(N)=O)cc(Cl)c21. The van der Waals surface area contributed by atoms with Gasteiger partial charge < -0.3 is 25.4 Å². The molecule has 0 fully saturated rings. The molecule has 1 heterocycles. The Kier molecular flexibility index (Phi) is 6.89. The first-order chi connectivity index (χ1) is 14.8. The topological polar surface area (TPSA) is 96.1 Å². The second kappa shape index (κ2) is 9.26. The number of fused-ring (bicyclic) bond motifs is 1. The summed E-state index contributed by atoms with van der Waals surface area (Å²) in [5.74, 6) is -0.802. The van der Waals surface area contributed by atoms with Gasteiger partial charge in [0.05, 0.1) is 17.3 Å². The lowest BCUT2D eigenvalue weighted by molar-refractivity contribution is -0.132. The number of nitrogens with zero attached hydrogens (tertiary/aromatic N) is 2. The normalized spacial score (nSPS) is 17.9. The van der Waals surface area contributed by atoms with Crippen molar-refractivity contribution in [1.82, 2.24) is 4.90 Å². The zero-order valence-electron chi connectivity index (χ0n) is 18.0. The molecule has 31 heavy (non-hydrogen) atoms. The van der Waals surface area contributed by atoms with Crippen LogP contribution in [0.1, 0.15) is 42.3 Å². The molecule has 0 saturated heterocycles. The number of carbonyl (C=O) groups excluding carboxylic acids is 2. The molecule has 8 heteroatoms. The predicted molar refractivity (Wildman–Crippen MR) is 121 cm³/mol. The Bertz CT molecular complexity index is 993. The number of amides is 2. The second-order valence-corrected chi connectivity index (χ2v) is 7.75. The van der Waals surface area contributed by atoms with Gasteiger partial charge in [0.15, 0.2) is 0 Å². The molecule has 166 valence electrons. The molecular formula is C23H28ClN3O4. The van der Waals surface area contributed by atoms with Gasteiger partial charge in [-0.05, 0) is 38.2 Å². The van der Waals surface area contributed by atoms with E-state index in [2.05, 4.69) is 4.90 Å². The number of halogens is 1. The summed E-state index contributed by atoms with van der Waals surface area (Å²) in [6.07, 6.45) is 0. The van der Waals surface area contributed by atoms with Gasteiger partial charge in [0.25, 0.3) is 5.91 Å². The minimum Gasteiger partial charge on any atom is -0.493 e. The molecular weight excluding hydrogens is 418 g/mol. The van der Waals surface area contributed by atoms with Gasteiger partial charge in [-0.2, -0.15) is 0 Å². The first-order valence-electron chi connectivity index (χ1n) is 10.4. The van der Waals surface area contributed by atoms with Crippen LogP contribution >= 0.6 is 11.6 Å². The second-order valence-electron chi connectivity index (χ2n) is 7.34. The number of hydrogen-bond acceptors (Lipinski definition) is 5. The van der Waals surface area contributed by atoms with Gasteiger partial charge in [-0.3, -0.25) is 9.59 Å². The van der Waals surface area contributed by atoms with E-state index >= 15 is 0 Å². The lowest BCUT2D eigenvalue weighted by Crippen LogP contribution is -2.44. The van der Waals surface area contributed by atoms with Crippen LogP contribution in [0.5, 0.6) is 5.75 Å². The summed E-state index contributed by atoms with van der Waals surface area (Å²) in [7, 11) is 0. The minimum atomic E-state index is -2.04. The standard InChI is InChI=1S/C23H28ClN3O4/c1-4-26(5-2)11-12-27-18-14-15(21(25)28)13-17(24)20(18)23(30,22(27)29)16-9-7-8-10-19(16)31-6-3/h7-10,13-14,30H,4-6,11-12H2,1-3H3,(H2,25,28). The van der Waals surface area contributed by atoms with Crippen LogP contribution in [0, 0.1) is 0 Å². The highest BCUT2D eigenvalue weighted by Gasteiger charge is 2.54. The van der Waals surface area contributed by atoms with E-state index in [0.717, 1.165) is 13.1 Å². The van der Waals surface area contributed by atoms with Crippen molar-refractivity contribution in [2.75, 3.05) is 37.7 Å². The maximum Gasteiger partial charge on any atom is 0.268 e. The molecule has 3 rings (SSSR count). The van der Waals surface area contributed by atoms with Gasteiger partial charge in [0, 0.05) is 29.8 Å². The van der Waals surface area contributed by atoms with E-state index < -0.39 is 17.4 Å². The van der Waals surface area contributed by atoms with Crippen LogP contribution in [0.3, 0.4) is 0 Å². The van der Waals surface area contributed by atoms with Gasteiger partial charge in [-0.1, -0.05) is 43.6 Å². The number of primary amides is 1. The Morgan fingerprint density at radius 2 is 1.90 bits per heavy atom. The summed E-state index contributed by atoms with van der Waals surface area (Å²) in [5, 5.41) is 12.0. The summed E-state index contributed by atoms with van der Waals surface area (Å²) in [6, 6.07) is 9.76. The monoisotopic (exact) mass is 445 g/mol. The molecule has 0 radical (unpaired) electrons. The van der Waals surface area contributed by atoms with Gasteiger partial charge in [-0.15, -0.1) is 0 Å². The number of nitrogens with two attached hydrogens (primary N) is 1. The fourth-order valence-electron chi connectivity index (χ4n) is 4.02. The molecule has 0 aromatic heterocycles. The van der Waals surface area contributed by atoms with Crippen molar-refractivity contribution in [1.29, 1.82) is 0 Å². The van der Waals surface area contributed by atoms with Crippen LogP contribution in [0.25, 0.3) is 0 Å². The molecule has 7 nitrogen and oxygen atoms in total. The first kappa shape index (κ1) is 23.1. The number of ether oxygens (including phenoxy) is 1. The van der Waals surface area contributed by atoms with E-state index in [1.165, 1.54) is 17.0 Å². The van der Waals surface area contributed by atoms with Crippen LogP contribution in [0.2, 0.25) is 5.02 Å². The first-order valence-corrected chi connectivity index (χ1v) is 10.8. The quantitative estimate of drug-likeness (QED) is 0.618. The van der Waals surface area contributed by atoms with E-state index in [0.29, 0.717) is 36.7 Å². The Morgan fingerprint density at radius 3 is 2.52 bits per heavy atom. The van der Waals surface area contributed by atoms with Gasteiger partial charge in [-0.25, -0.2) is 0 Å². The number of aliphatic hydroxyl groups is 1. The van der Waals surface area contributed by atoms with E-state index in [9.17, 15) is 14.7 Å². The van der Waals surface area contributed by atoms with Gasteiger partial charge in [0.1, 0.15) is 5.75 Å². The Labute approximate surface area is 187 Å². The van der Waals surface area contributed by atoms with Crippen LogP contribution in [-0.2, 0) is 10.4 Å². The molecule has 1 aliphatic rings. The zero-order valence-corrected chi connectivity index (χ0v) is 18.8. The fourth-order valence-corrected chi connectivity index (χ4v) is 4.37. The smallest absolute Gasteiger partial charge is 0.268 e. The number of likely N-dealkylation sites (N-methyl/N-ethyl adjacent to an activating group) is 1. The largest absolute Gasteiger partial charge is 0.493 e. The highest BCUT2D eigenvalue weighted by molar-refractivity contribution is 6.34. The summed E-state index contributed by atoms with van der Waals surface area (Å²) in [6.45, 7) is 8.85. The van der Waals surface area contributed by atoms with Crippen molar-refractivity contribution in [2.45, 2.75) is 26.4 Å². The van der Waals surface area contributed by atoms with Crippen LogP contribution < -0.4 is 15.4 Å². The molecule has 2 aromatic rings. The third kappa shape index (κ3) is 4.01. The highest BCUT2D eigenvalue weighted by Crippen LogP contribution is 2.50. The van der Waals surface area contributed by atoms with Crippen LogP contribution in [0.15, 0.2) is 36.4 Å². The summed E-state index contributed by atoms with van der Waals surface area (Å²) in [5.41, 5.74) is 4.52. The zero-order chi connectivity index (χ0) is 22.8. The molecule has 3 N–H and O–H groups in total. The summed E-state index contributed by atoms with van der Waals surface area (Å²) in [4.78, 5) is 29.2. The minimum absolute atomic E-state index is 0.0961. The number of rotatable bonds is 9. The third-order valence-corrected chi connectivity index (χ3v) is 5.97. The lowest BCUT2D eigenvalue weighted by Gasteiger charge is -2.27. The molecule has 0 saturated carbocycles. The van der Waals surface area contributed by atoms with Crippen molar-refractivity contribution in [3.05, 3.63) is 58.1 Å². The molecule has 0 aliphatic carbocycles. The number of benzene rings is 2. The lowest BCUT2D eigenvalue weighted by atomic mass is 9.86. The van der Waals surface area contributed by atoms with Crippen LogP contribution in [-0.4, -0.2) is 54.6 Å². The molecule has 0 spiro atoms.